The summed E-state index contributed by atoms with van der Waals surface area (Å²) in [6, 6.07) is 13.5. The van der Waals surface area contributed by atoms with E-state index in [1.165, 1.54) is 12.1 Å². The molecule has 0 fully saturated rings. The first-order valence-electron chi connectivity index (χ1n) is 7.54. The Bertz CT molecular complexity index is 734. The topological polar surface area (TPSA) is 70.7 Å². The highest BCUT2D eigenvalue weighted by Gasteiger charge is 2.07. The maximum absolute atomic E-state index is 13.0. The number of carbonyl (C=O) groups is 1. The first kappa shape index (κ1) is 20.9. The molecule has 3 N–H and O–H groups in total. The summed E-state index contributed by atoms with van der Waals surface area (Å²) in [7, 11) is 3.60. The normalized spacial score (nSPS) is 10.8. The number of rotatable bonds is 5. The number of nitrogens with zero attached hydrogens (tertiary/aromatic N) is 2. The van der Waals surface area contributed by atoms with Crippen LogP contribution in [0.1, 0.15) is 21.5 Å². The summed E-state index contributed by atoms with van der Waals surface area (Å²) in [5.41, 5.74) is 7.68. The number of amides is 1. The molecule has 0 radical (unpaired) electrons. The van der Waals surface area contributed by atoms with Crippen LogP contribution in [0.15, 0.2) is 53.5 Å². The van der Waals surface area contributed by atoms with E-state index in [1.54, 1.807) is 37.4 Å². The zero-order valence-electron chi connectivity index (χ0n) is 14.2. The number of halogens is 2. The summed E-state index contributed by atoms with van der Waals surface area (Å²) in [6.45, 7) is 1.11. The number of guanidine groups is 1. The number of primary amides is 1. The van der Waals surface area contributed by atoms with E-state index in [4.69, 9.17) is 5.73 Å². The molecule has 0 atom stereocenters. The molecule has 0 saturated carbocycles. The fraction of sp³-hybridized carbons (Fsp3) is 0.222. The van der Waals surface area contributed by atoms with Gasteiger partial charge in [0.2, 0.25) is 5.91 Å². The lowest BCUT2D eigenvalue weighted by Crippen LogP contribution is -2.38. The summed E-state index contributed by atoms with van der Waals surface area (Å²) in [4.78, 5) is 17.4. The number of nitrogens with two attached hydrogens (primary N) is 1. The van der Waals surface area contributed by atoms with Gasteiger partial charge in [-0.25, -0.2) is 4.39 Å². The summed E-state index contributed by atoms with van der Waals surface area (Å²) >= 11 is 0. The summed E-state index contributed by atoms with van der Waals surface area (Å²) < 4.78 is 13.0. The molecule has 1 amide bonds. The molecule has 0 bridgehead atoms. The maximum atomic E-state index is 13.0. The molecule has 0 unspecified atom stereocenters. The largest absolute Gasteiger partial charge is 0.366 e. The van der Waals surface area contributed by atoms with Gasteiger partial charge in [-0.05, 0) is 35.4 Å². The van der Waals surface area contributed by atoms with E-state index < -0.39 is 5.91 Å². The summed E-state index contributed by atoms with van der Waals surface area (Å²) in [6.07, 6.45) is 0. The first-order valence-corrected chi connectivity index (χ1v) is 7.54. The molecule has 0 aliphatic heterocycles. The third kappa shape index (κ3) is 6.33. The monoisotopic (exact) mass is 456 g/mol. The summed E-state index contributed by atoms with van der Waals surface area (Å²) in [5.74, 6) is -0.00305. The zero-order chi connectivity index (χ0) is 17.5. The van der Waals surface area contributed by atoms with Gasteiger partial charge in [0.05, 0.1) is 0 Å². The van der Waals surface area contributed by atoms with Gasteiger partial charge in [0.25, 0.3) is 0 Å². The van der Waals surface area contributed by atoms with Gasteiger partial charge >= 0.3 is 0 Å². The van der Waals surface area contributed by atoms with Gasteiger partial charge in [0, 0.05) is 32.7 Å². The third-order valence-corrected chi connectivity index (χ3v) is 3.57. The molecule has 2 aromatic rings. The molecular formula is C18H22FIN4O. The minimum atomic E-state index is -0.449. The predicted molar refractivity (Wildman–Crippen MR) is 108 cm³/mol. The van der Waals surface area contributed by atoms with Crippen molar-refractivity contribution in [2.45, 2.75) is 13.1 Å². The Kier molecular flexibility index (Phi) is 8.33. The molecule has 0 aliphatic rings. The van der Waals surface area contributed by atoms with E-state index in [2.05, 4.69) is 10.3 Å². The van der Waals surface area contributed by atoms with Gasteiger partial charge in [-0.2, -0.15) is 0 Å². The Hall–Kier alpha value is -2.16. The van der Waals surface area contributed by atoms with E-state index in [0.29, 0.717) is 24.6 Å². The molecular weight excluding hydrogens is 434 g/mol. The van der Waals surface area contributed by atoms with Crippen molar-refractivity contribution in [2.75, 3.05) is 14.1 Å². The average molecular weight is 456 g/mol. The van der Waals surface area contributed by atoms with Crippen LogP contribution in [0, 0.1) is 5.82 Å². The minimum absolute atomic E-state index is 0. The highest BCUT2D eigenvalue weighted by Crippen LogP contribution is 2.07. The quantitative estimate of drug-likeness (QED) is 0.413. The number of benzene rings is 2. The number of nitrogens with one attached hydrogen (secondary N) is 1. The Morgan fingerprint density at radius 3 is 2.48 bits per heavy atom. The highest BCUT2D eigenvalue weighted by molar-refractivity contribution is 14.0. The second-order valence-electron chi connectivity index (χ2n) is 5.45. The minimum Gasteiger partial charge on any atom is -0.366 e. The van der Waals surface area contributed by atoms with Crippen LogP contribution in [-0.4, -0.2) is 30.9 Å². The molecule has 134 valence electrons. The van der Waals surface area contributed by atoms with E-state index in [0.717, 1.165) is 11.1 Å². The van der Waals surface area contributed by atoms with Crippen LogP contribution in [0.5, 0.6) is 0 Å². The fourth-order valence-corrected chi connectivity index (χ4v) is 2.34. The van der Waals surface area contributed by atoms with Crippen molar-refractivity contribution in [3.8, 4) is 0 Å². The lowest BCUT2D eigenvalue weighted by Gasteiger charge is -2.22. The van der Waals surface area contributed by atoms with Crippen LogP contribution < -0.4 is 11.1 Å². The number of aliphatic imine (C=N–C) groups is 1. The molecule has 2 aromatic carbocycles. The van der Waals surface area contributed by atoms with E-state index in [9.17, 15) is 9.18 Å². The van der Waals surface area contributed by atoms with E-state index in [-0.39, 0.29) is 29.8 Å². The number of hydrogen-bond acceptors (Lipinski definition) is 2. The SMILES string of the molecule is CN=C(NCc1cccc(C(N)=O)c1)N(C)Cc1ccc(F)cc1.I. The van der Waals surface area contributed by atoms with Crippen molar-refractivity contribution in [3.63, 3.8) is 0 Å². The van der Waals surface area contributed by atoms with Gasteiger partial charge in [-0.1, -0.05) is 24.3 Å². The Morgan fingerprint density at radius 2 is 1.88 bits per heavy atom. The molecule has 25 heavy (non-hydrogen) atoms. The molecule has 0 spiro atoms. The number of hydrogen-bond donors (Lipinski definition) is 2. The van der Waals surface area contributed by atoms with Crippen molar-refractivity contribution in [1.82, 2.24) is 10.2 Å². The second kappa shape index (κ2) is 9.97. The van der Waals surface area contributed by atoms with Crippen molar-refractivity contribution in [1.29, 1.82) is 0 Å². The van der Waals surface area contributed by atoms with Crippen LogP contribution in [0.25, 0.3) is 0 Å². The van der Waals surface area contributed by atoms with Crippen molar-refractivity contribution < 1.29 is 9.18 Å². The molecule has 2 rings (SSSR count). The first-order chi connectivity index (χ1) is 11.5. The van der Waals surface area contributed by atoms with Crippen LogP contribution in [0.3, 0.4) is 0 Å². The third-order valence-electron chi connectivity index (χ3n) is 3.57. The predicted octanol–water partition coefficient (Wildman–Crippen LogP) is 2.75. The molecule has 0 saturated heterocycles. The van der Waals surface area contributed by atoms with Gasteiger partial charge in [-0.15, -0.1) is 24.0 Å². The standard InChI is InChI=1S/C18H21FN4O.HI/c1-21-18(23(2)12-13-6-8-16(19)9-7-13)22-11-14-4-3-5-15(10-14)17(20)24;/h3-10H,11-12H2,1-2H3,(H2,20,24)(H,21,22);1H. The Morgan fingerprint density at radius 1 is 1.20 bits per heavy atom. The molecule has 0 aliphatic carbocycles. The molecule has 0 aromatic heterocycles. The number of carbonyl (C=O) groups excluding carboxylic acids is 1. The average Bonchev–Trinajstić information content (AvgIpc) is 2.57. The van der Waals surface area contributed by atoms with Gasteiger partial charge in [0.15, 0.2) is 5.96 Å². The Balaban J connectivity index is 0.00000312. The van der Waals surface area contributed by atoms with Gasteiger partial charge < -0.3 is 16.0 Å². The zero-order valence-corrected chi connectivity index (χ0v) is 16.5. The fourth-order valence-electron chi connectivity index (χ4n) is 2.34. The van der Waals surface area contributed by atoms with Crippen LogP contribution in [0.2, 0.25) is 0 Å². The van der Waals surface area contributed by atoms with Crippen LogP contribution in [-0.2, 0) is 13.1 Å². The summed E-state index contributed by atoms with van der Waals surface area (Å²) in [5, 5.41) is 3.23. The lowest BCUT2D eigenvalue weighted by atomic mass is 10.1. The van der Waals surface area contributed by atoms with E-state index in [1.807, 2.05) is 18.0 Å². The lowest BCUT2D eigenvalue weighted by molar-refractivity contribution is 0.1000. The van der Waals surface area contributed by atoms with Crippen LogP contribution in [0.4, 0.5) is 4.39 Å². The highest BCUT2D eigenvalue weighted by atomic mass is 127. The van der Waals surface area contributed by atoms with E-state index >= 15 is 0 Å². The molecule has 0 heterocycles. The Labute approximate surface area is 164 Å². The molecule has 7 heteroatoms. The maximum Gasteiger partial charge on any atom is 0.248 e. The second-order valence-corrected chi connectivity index (χ2v) is 5.45. The van der Waals surface area contributed by atoms with Crippen molar-refractivity contribution in [2.24, 2.45) is 10.7 Å². The van der Waals surface area contributed by atoms with Gasteiger partial charge in [0.1, 0.15) is 5.82 Å². The van der Waals surface area contributed by atoms with Crippen molar-refractivity contribution in [3.05, 3.63) is 71.0 Å². The molecule has 5 nitrogen and oxygen atoms in total. The van der Waals surface area contributed by atoms with Gasteiger partial charge in [-0.3, -0.25) is 9.79 Å². The smallest absolute Gasteiger partial charge is 0.248 e. The van der Waals surface area contributed by atoms with Crippen LogP contribution >= 0.6 is 24.0 Å². The van der Waals surface area contributed by atoms with Crippen molar-refractivity contribution >= 4 is 35.8 Å².